The predicted molar refractivity (Wildman–Crippen MR) is 79.7 cm³/mol. The van der Waals surface area contributed by atoms with Crippen molar-refractivity contribution >= 4 is 15.9 Å². The fraction of sp³-hybridized carbons (Fsp3) is 0.400. The Morgan fingerprint density at radius 2 is 2.35 bits per heavy atom. The van der Waals surface area contributed by atoms with Gasteiger partial charge in [0.05, 0.1) is 19.3 Å². The number of halogens is 1. The first-order valence-electron chi connectivity index (χ1n) is 6.79. The van der Waals surface area contributed by atoms with Crippen LogP contribution in [0.25, 0.3) is 0 Å². The van der Waals surface area contributed by atoms with Gasteiger partial charge in [-0.05, 0) is 31.9 Å². The molecule has 20 heavy (non-hydrogen) atoms. The first kappa shape index (κ1) is 13.6. The van der Waals surface area contributed by atoms with E-state index < -0.39 is 0 Å². The van der Waals surface area contributed by atoms with Crippen molar-refractivity contribution in [3.63, 3.8) is 0 Å². The summed E-state index contributed by atoms with van der Waals surface area (Å²) >= 11 is 3.49. The molecule has 106 valence electrons. The number of oxazole rings is 1. The molecule has 0 amide bonds. The normalized spacial score (nSPS) is 18.2. The summed E-state index contributed by atoms with van der Waals surface area (Å²) in [5, 5.41) is 3.52. The van der Waals surface area contributed by atoms with Crippen molar-refractivity contribution < 1.29 is 9.15 Å². The maximum atomic E-state index is 5.81. The zero-order valence-corrected chi connectivity index (χ0v) is 12.9. The average Bonchev–Trinajstić information content (AvgIpc) is 2.74. The van der Waals surface area contributed by atoms with Gasteiger partial charge in [-0.25, -0.2) is 4.98 Å². The molecule has 5 heteroatoms. The van der Waals surface area contributed by atoms with Crippen LogP contribution in [-0.2, 0) is 6.54 Å². The van der Waals surface area contributed by atoms with Gasteiger partial charge in [0.2, 0.25) is 5.89 Å². The minimum atomic E-state index is 0.271. The maximum Gasteiger partial charge on any atom is 0.208 e. The minimum absolute atomic E-state index is 0.271. The van der Waals surface area contributed by atoms with E-state index in [2.05, 4.69) is 38.4 Å². The van der Waals surface area contributed by atoms with Crippen LogP contribution in [-0.4, -0.2) is 11.6 Å². The van der Waals surface area contributed by atoms with Gasteiger partial charge >= 0.3 is 0 Å². The predicted octanol–water partition coefficient (Wildman–Crippen LogP) is 3.75. The summed E-state index contributed by atoms with van der Waals surface area (Å²) in [4.78, 5) is 4.23. The molecular formula is C15H17BrN2O2. The fourth-order valence-corrected chi connectivity index (χ4v) is 2.79. The number of fused-ring (bicyclic) bond motifs is 1. The van der Waals surface area contributed by atoms with E-state index in [4.69, 9.17) is 9.15 Å². The lowest BCUT2D eigenvalue weighted by atomic mass is 10.0. The van der Waals surface area contributed by atoms with Crippen molar-refractivity contribution in [3.05, 3.63) is 46.1 Å². The van der Waals surface area contributed by atoms with Crippen LogP contribution in [0.15, 0.2) is 33.3 Å². The van der Waals surface area contributed by atoms with Crippen LogP contribution >= 0.6 is 15.9 Å². The van der Waals surface area contributed by atoms with Gasteiger partial charge in [0, 0.05) is 16.1 Å². The van der Waals surface area contributed by atoms with Crippen LogP contribution in [0.5, 0.6) is 5.75 Å². The van der Waals surface area contributed by atoms with Gasteiger partial charge in [-0.1, -0.05) is 22.0 Å². The van der Waals surface area contributed by atoms with E-state index in [0.717, 1.165) is 41.3 Å². The fourth-order valence-electron chi connectivity index (χ4n) is 2.45. The summed E-state index contributed by atoms with van der Waals surface area (Å²) in [6.07, 6.45) is 3.83. The molecule has 1 atom stereocenters. The first-order valence-corrected chi connectivity index (χ1v) is 7.58. The Kier molecular flexibility index (Phi) is 4.08. The molecule has 1 N–H and O–H groups in total. The van der Waals surface area contributed by atoms with Gasteiger partial charge in [-0.2, -0.15) is 0 Å². The summed E-state index contributed by atoms with van der Waals surface area (Å²) in [5.41, 5.74) is 1.20. The molecule has 0 saturated heterocycles. The molecule has 0 aliphatic carbocycles. The molecule has 0 radical (unpaired) electrons. The van der Waals surface area contributed by atoms with Gasteiger partial charge in [0.15, 0.2) is 0 Å². The molecule has 0 bridgehead atoms. The van der Waals surface area contributed by atoms with E-state index in [0.29, 0.717) is 6.54 Å². The van der Waals surface area contributed by atoms with Crippen LogP contribution < -0.4 is 10.1 Å². The standard InChI is InChI=1S/C15H17BrN2O2/c1-10-8-18-15(20-10)9-17-13-3-2-6-19-14-7-11(16)4-5-12(13)14/h4-5,7-8,13,17H,2-3,6,9H2,1H3. The van der Waals surface area contributed by atoms with E-state index in [1.54, 1.807) is 6.20 Å². The zero-order valence-electron chi connectivity index (χ0n) is 11.4. The molecule has 1 unspecified atom stereocenters. The molecule has 2 aromatic rings. The third-order valence-corrected chi connectivity index (χ3v) is 3.91. The number of hydrogen-bond acceptors (Lipinski definition) is 4. The summed E-state index contributed by atoms with van der Waals surface area (Å²) in [7, 11) is 0. The Morgan fingerprint density at radius 3 is 3.15 bits per heavy atom. The monoisotopic (exact) mass is 336 g/mol. The van der Waals surface area contributed by atoms with E-state index in [-0.39, 0.29) is 6.04 Å². The number of aryl methyl sites for hydroxylation is 1. The molecule has 0 saturated carbocycles. The van der Waals surface area contributed by atoms with Crippen molar-refractivity contribution in [2.24, 2.45) is 0 Å². The summed E-state index contributed by atoms with van der Waals surface area (Å²) in [6.45, 7) is 3.30. The summed E-state index contributed by atoms with van der Waals surface area (Å²) in [6, 6.07) is 6.47. The number of aromatic nitrogens is 1. The highest BCUT2D eigenvalue weighted by Gasteiger charge is 2.20. The Morgan fingerprint density at radius 1 is 1.45 bits per heavy atom. The first-order chi connectivity index (χ1) is 9.72. The zero-order chi connectivity index (χ0) is 13.9. The highest BCUT2D eigenvalue weighted by atomic mass is 79.9. The summed E-state index contributed by atoms with van der Waals surface area (Å²) < 4.78 is 12.3. The smallest absolute Gasteiger partial charge is 0.208 e. The lowest BCUT2D eigenvalue weighted by Crippen LogP contribution is -2.20. The second kappa shape index (κ2) is 5.97. The quantitative estimate of drug-likeness (QED) is 0.927. The molecule has 1 aromatic carbocycles. The van der Waals surface area contributed by atoms with Crippen LogP contribution in [0.1, 0.15) is 36.1 Å². The highest BCUT2D eigenvalue weighted by Crippen LogP contribution is 2.33. The van der Waals surface area contributed by atoms with E-state index in [1.165, 1.54) is 5.56 Å². The van der Waals surface area contributed by atoms with E-state index in [1.807, 2.05) is 13.0 Å². The molecule has 4 nitrogen and oxygen atoms in total. The largest absolute Gasteiger partial charge is 0.493 e. The molecule has 0 spiro atoms. The highest BCUT2D eigenvalue weighted by molar-refractivity contribution is 9.10. The van der Waals surface area contributed by atoms with Crippen molar-refractivity contribution in [2.45, 2.75) is 32.4 Å². The molecule has 2 heterocycles. The molecular weight excluding hydrogens is 320 g/mol. The number of ether oxygens (including phenoxy) is 1. The average molecular weight is 337 g/mol. The Hall–Kier alpha value is -1.33. The third kappa shape index (κ3) is 3.04. The van der Waals surface area contributed by atoms with Crippen molar-refractivity contribution in [2.75, 3.05) is 6.61 Å². The van der Waals surface area contributed by atoms with Crippen molar-refractivity contribution in [1.29, 1.82) is 0 Å². The van der Waals surface area contributed by atoms with Crippen LogP contribution in [0.3, 0.4) is 0 Å². The van der Waals surface area contributed by atoms with Crippen LogP contribution in [0.4, 0.5) is 0 Å². The lowest BCUT2D eigenvalue weighted by Gasteiger charge is -2.17. The molecule has 1 aliphatic rings. The number of hydrogen-bond donors (Lipinski definition) is 1. The molecule has 3 rings (SSSR count). The SMILES string of the molecule is Cc1cnc(CNC2CCCOc3cc(Br)ccc32)o1. The number of rotatable bonds is 3. The number of nitrogens with zero attached hydrogens (tertiary/aromatic N) is 1. The Labute approximate surface area is 126 Å². The van der Waals surface area contributed by atoms with Crippen LogP contribution in [0, 0.1) is 6.92 Å². The second-order valence-corrected chi connectivity index (χ2v) is 5.89. The Balaban J connectivity index is 1.76. The Bertz CT molecular complexity index is 597. The molecule has 1 aliphatic heterocycles. The van der Waals surface area contributed by atoms with Crippen LogP contribution in [0.2, 0.25) is 0 Å². The van der Waals surface area contributed by atoms with Crippen molar-refractivity contribution in [1.82, 2.24) is 10.3 Å². The third-order valence-electron chi connectivity index (χ3n) is 3.41. The second-order valence-electron chi connectivity index (χ2n) is 4.97. The topological polar surface area (TPSA) is 47.3 Å². The minimum Gasteiger partial charge on any atom is -0.493 e. The number of nitrogens with one attached hydrogen (secondary N) is 1. The van der Waals surface area contributed by atoms with Gasteiger partial charge in [-0.3, -0.25) is 0 Å². The molecule has 0 fully saturated rings. The lowest BCUT2D eigenvalue weighted by molar-refractivity contribution is 0.314. The van der Waals surface area contributed by atoms with Gasteiger partial charge in [0.25, 0.3) is 0 Å². The molecule has 1 aromatic heterocycles. The summed E-state index contributed by atoms with van der Waals surface area (Å²) in [5.74, 6) is 2.53. The van der Waals surface area contributed by atoms with Gasteiger partial charge < -0.3 is 14.5 Å². The maximum absolute atomic E-state index is 5.81. The van der Waals surface area contributed by atoms with E-state index in [9.17, 15) is 0 Å². The van der Waals surface area contributed by atoms with E-state index >= 15 is 0 Å². The van der Waals surface area contributed by atoms with Gasteiger partial charge in [0.1, 0.15) is 11.5 Å². The number of benzene rings is 1. The van der Waals surface area contributed by atoms with Crippen molar-refractivity contribution in [3.8, 4) is 5.75 Å². The van der Waals surface area contributed by atoms with Gasteiger partial charge in [-0.15, -0.1) is 0 Å².